The molecule has 2 rings (SSSR count). The van der Waals surface area contributed by atoms with Gasteiger partial charge >= 0.3 is 0 Å². The quantitative estimate of drug-likeness (QED) is 0.105. The van der Waals surface area contributed by atoms with Gasteiger partial charge in [0.25, 0.3) is 0 Å². The van der Waals surface area contributed by atoms with Gasteiger partial charge < -0.3 is 24.8 Å². The number of thiocarbonyl (C=S) groups is 2. The van der Waals surface area contributed by atoms with Gasteiger partial charge in [-0.25, -0.2) is 0 Å². The summed E-state index contributed by atoms with van der Waals surface area (Å²) in [4.78, 5) is 0. The number of ether oxygens (including phenoxy) is 3. The molecule has 9 nitrogen and oxygen atoms in total. The lowest BCUT2D eigenvalue weighted by Gasteiger charge is -2.10. The molecule has 37 heavy (non-hydrogen) atoms. The summed E-state index contributed by atoms with van der Waals surface area (Å²) in [6, 6.07) is 11.6. The van der Waals surface area contributed by atoms with Crippen molar-refractivity contribution in [1.82, 2.24) is 21.5 Å². The number of benzene rings is 2. The van der Waals surface area contributed by atoms with Crippen LogP contribution in [0.2, 0.25) is 0 Å². The molecule has 2 aromatic carbocycles. The van der Waals surface area contributed by atoms with E-state index in [1.807, 2.05) is 43.3 Å². The van der Waals surface area contributed by atoms with Crippen LogP contribution in [0.5, 0.6) is 11.5 Å². The van der Waals surface area contributed by atoms with E-state index in [4.69, 9.17) is 38.6 Å². The van der Waals surface area contributed by atoms with Crippen molar-refractivity contribution >= 4 is 78.4 Å². The molecule has 0 fully saturated rings. The molecule has 0 aliphatic rings. The zero-order valence-electron chi connectivity index (χ0n) is 20.8. The maximum atomic E-state index is 5.44. The van der Waals surface area contributed by atoms with Crippen LogP contribution < -0.4 is 31.0 Å². The van der Waals surface area contributed by atoms with Crippen molar-refractivity contribution in [3.8, 4) is 11.5 Å². The first-order valence-electron chi connectivity index (χ1n) is 11.3. The van der Waals surface area contributed by atoms with Gasteiger partial charge in [-0.1, -0.05) is 12.1 Å². The van der Waals surface area contributed by atoms with E-state index in [0.717, 1.165) is 31.6 Å². The summed E-state index contributed by atoms with van der Waals surface area (Å²) in [6.07, 6.45) is 2.12. The molecule has 0 radical (unpaired) electrons. The monoisotopic (exact) mass is 672 g/mol. The number of hydrazone groups is 2. The molecule has 2 aromatic rings. The number of rotatable bonds is 13. The van der Waals surface area contributed by atoms with Crippen LogP contribution in [0.15, 0.2) is 55.5 Å². The Labute approximate surface area is 245 Å². The Morgan fingerprint density at radius 2 is 1.43 bits per heavy atom. The maximum absolute atomic E-state index is 5.44. The number of methoxy groups -OCH3 is 2. The summed E-state index contributed by atoms with van der Waals surface area (Å²) < 4.78 is 17.7. The minimum atomic E-state index is 0.378. The Morgan fingerprint density at radius 1 is 0.892 bits per heavy atom. The van der Waals surface area contributed by atoms with Gasteiger partial charge in [0.15, 0.2) is 10.2 Å². The molecule has 0 atom stereocenters. The normalized spacial score (nSPS) is 11.2. The summed E-state index contributed by atoms with van der Waals surface area (Å²) in [5.41, 5.74) is 8.36. The molecule has 13 heteroatoms. The number of nitrogens with zero attached hydrogens (tertiary/aromatic N) is 2. The molecule has 0 amide bonds. The number of hydrogen-bond donors (Lipinski definition) is 4. The summed E-state index contributed by atoms with van der Waals surface area (Å²) in [7, 11) is 3.26. The summed E-state index contributed by atoms with van der Waals surface area (Å²) >= 11 is 17.6. The van der Waals surface area contributed by atoms with Crippen molar-refractivity contribution in [2.24, 2.45) is 10.2 Å². The van der Waals surface area contributed by atoms with Crippen molar-refractivity contribution in [2.45, 2.75) is 26.4 Å². The van der Waals surface area contributed by atoms with Gasteiger partial charge in [0.2, 0.25) is 0 Å². The summed E-state index contributed by atoms with van der Waals surface area (Å²) in [5.74, 6) is 1.54. The van der Waals surface area contributed by atoms with Crippen molar-refractivity contribution in [3.63, 3.8) is 0 Å². The van der Waals surface area contributed by atoms with Crippen LogP contribution in [-0.4, -0.2) is 49.6 Å². The molecule has 0 bridgehead atoms. The third-order valence-electron chi connectivity index (χ3n) is 4.73. The van der Waals surface area contributed by atoms with E-state index in [0.29, 0.717) is 48.7 Å². The number of nitrogens with one attached hydrogen (secondary N) is 4. The van der Waals surface area contributed by atoms with Crippen molar-refractivity contribution < 1.29 is 14.2 Å². The molecule has 200 valence electrons. The average molecular weight is 674 g/mol. The molecule has 0 spiro atoms. The fourth-order valence-electron chi connectivity index (χ4n) is 2.84. The molecular weight excluding hydrogens is 644 g/mol. The van der Waals surface area contributed by atoms with Gasteiger partial charge in [-0.2, -0.15) is 10.2 Å². The van der Waals surface area contributed by atoms with Crippen molar-refractivity contribution in [3.05, 3.63) is 56.5 Å². The Kier molecular flexibility index (Phi) is 14.4. The first-order chi connectivity index (χ1) is 17.9. The van der Waals surface area contributed by atoms with Gasteiger partial charge in [0, 0.05) is 26.1 Å². The summed E-state index contributed by atoms with van der Waals surface area (Å²) in [6.45, 7) is 4.11. The lowest BCUT2D eigenvalue weighted by Crippen LogP contribution is -2.33. The minimum absolute atomic E-state index is 0.378. The van der Waals surface area contributed by atoms with Gasteiger partial charge in [-0.15, -0.1) is 0 Å². The standard InChI is InChI=1S/C24H30Br2N6O3S2/c1-4-35-10-9-18(30-32-24(37)28-14-17-6-8-22(34-3)20(26)12-17)15-29-31-23(36)27-13-16-5-7-21(33-2)19(25)11-16/h5-8,11-12,15H,4,9-10,13-14H2,1-3H3,(H2,27,31,36)(H2,28,32,37)/b29-15+,30-18+. The van der Waals surface area contributed by atoms with Gasteiger partial charge in [-0.3, -0.25) is 10.9 Å². The Bertz CT molecular complexity index is 1120. The fraction of sp³-hybridized carbons (Fsp3) is 0.333. The van der Waals surface area contributed by atoms with Crippen LogP contribution in [-0.2, 0) is 17.8 Å². The van der Waals surface area contributed by atoms with E-state index in [1.165, 1.54) is 0 Å². The van der Waals surface area contributed by atoms with E-state index in [-0.39, 0.29) is 0 Å². The molecule has 0 saturated heterocycles. The predicted octanol–water partition coefficient (Wildman–Crippen LogP) is 4.63. The molecule has 0 aliphatic heterocycles. The van der Waals surface area contributed by atoms with E-state index in [9.17, 15) is 0 Å². The van der Waals surface area contributed by atoms with Crippen LogP contribution in [0.4, 0.5) is 0 Å². The highest BCUT2D eigenvalue weighted by molar-refractivity contribution is 9.10. The Morgan fingerprint density at radius 3 is 1.92 bits per heavy atom. The first kappa shape index (κ1) is 30.9. The highest BCUT2D eigenvalue weighted by atomic mass is 79.9. The molecule has 0 heterocycles. The van der Waals surface area contributed by atoms with Crippen LogP contribution in [0.1, 0.15) is 24.5 Å². The molecule has 4 N–H and O–H groups in total. The number of hydrogen-bond acceptors (Lipinski definition) is 7. The van der Waals surface area contributed by atoms with Gasteiger partial charge in [0.1, 0.15) is 11.5 Å². The van der Waals surface area contributed by atoms with Crippen LogP contribution >= 0.6 is 56.3 Å². The smallest absolute Gasteiger partial charge is 0.187 e. The maximum Gasteiger partial charge on any atom is 0.187 e. The van der Waals surface area contributed by atoms with Crippen LogP contribution in [0.25, 0.3) is 0 Å². The predicted molar refractivity (Wildman–Crippen MR) is 164 cm³/mol. The van der Waals surface area contributed by atoms with Gasteiger partial charge in [0.05, 0.1) is 41.7 Å². The largest absolute Gasteiger partial charge is 0.496 e. The van der Waals surface area contributed by atoms with E-state index < -0.39 is 0 Å². The third-order valence-corrected chi connectivity index (χ3v) is 6.44. The zero-order chi connectivity index (χ0) is 27.0. The van der Waals surface area contributed by atoms with Gasteiger partial charge in [-0.05, 0) is 98.6 Å². The van der Waals surface area contributed by atoms with Crippen LogP contribution in [0.3, 0.4) is 0 Å². The highest BCUT2D eigenvalue weighted by Gasteiger charge is 2.04. The molecule has 0 aromatic heterocycles. The van der Waals surface area contributed by atoms with Crippen molar-refractivity contribution in [2.75, 3.05) is 27.4 Å². The second kappa shape index (κ2) is 17.2. The lowest BCUT2D eigenvalue weighted by atomic mass is 10.2. The van der Waals surface area contributed by atoms with E-state index in [2.05, 4.69) is 63.5 Å². The minimum Gasteiger partial charge on any atom is -0.496 e. The van der Waals surface area contributed by atoms with Crippen molar-refractivity contribution in [1.29, 1.82) is 0 Å². The molecule has 0 unspecified atom stereocenters. The topological polar surface area (TPSA) is 101 Å². The lowest BCUT2D eigenvalue weighted by molar-refractivity contribution is 0.155. The SMILES string of the molecule is CCOCCC(/C=N/NC(=S)NCc1ccc(OC)c(Br)c1)=N\NC(=S)NCc1ccc(OC)c(Br)c1. The fourth-order valence-corrected chi connectivity index (χ4v) is 4.26. The molecule has 0 aliphatic carbocycles. The second-order valence-corrected chi connectivity index (χ2v) is 9.86. The third kappa shape index (κ3) is 11.7. The molecule has 0 saturated carbocycles. The van der Waals surface area contributed by atoms with Crippen LogP contribution in [0, 0.1) is 0 Å². The van der Waals surface area contributed by atoms with E-state index >= 15 is 0 Å². The highest BCUT2D eigenvalue weighted by Crippen LogP contribution is 2.26. The number of halogens is 2. The second-order valence-electron chi connectivity index (χ2n) is 7.34. The Hall–Kier alpha value is -2.32. The Balaban J connectivity index is 1.85. The van der Waals surface area contributed by atoms with E-state index in [1.54, 1.807) is 20.4 Å². The first-order valence-corrected chi connectivity index (χ1v) is 13.7. The summed E-state index contributed by atoms with van der Waals surface area (Å²) in [5, 5.41) is 15.5. The molecular formula is C24H30Br2N6O3S2. The zero-order valence-corrected chi connectivity index (χ0v) is 25.6. The average Bonchev–Trinajstić information content (AvgIpc) is 2.89.